The molecule has 2 aliphatic rings. The van der Waals surface area contributed by atoms with Gasteiger partial charge >= 0.3 is 12.2 Å². The van der Waals surface area contributed by atoms with Crippen LogP contribution >= 0.6 is 0 Å². The number of fused-ring (bicyclic) bond motifs is 3. The van der Waals surface area contributed by atoms with Crippen molar-refractivity contribution in [3.63, 3.8) is 0 Å². The number of hydrogen-bond acceptors (Lipinski definition) is 7. The van der Waals surface area contributed by atoms with E-state index in [0.717, 1.165) is 18.5 Å². The first-order valence-corrected chi connectivity index (χ1v) is 13.1. The molecule has 2 heterocycles. The summed E-state index contributed by atoms with van der Waals surface area (Å²) in [6.07, 6.45) is 0.746. The summed E-state index contributed by atoms with van der Waals surface area (Å²) in [5.74, 6) is 1.19. The maximum atomic E-state index is 11.7. The predicted octanol–water partition coefficient (Wildman–Crippen LogP) is 4.53. The minimum absolute atomic E-state index is 0.0981. The first-order chi connectivity index (χ1) is 17.9. The van der Waals surface area contributed by atoms with E-state index in [1.165, 1.54) is 16.2 Å². The summed E-state index contributed by atoms with van der Waals surface area (Å²) in [5, 5.41) is 2.47. The van der Waals surface area contributed by atoms with Crippen LogP contribution in [0.15, 0.2) is 42.5 Å². The number of anilines is 1. The van der Waals surface area contributed by atoms with Gasteiger partial charge in [0, 0.05) is 51.4 Å². The highest BCUT2D eigenvalue weighted by Gasteiger charge is 2.52. The fourth-order valence-corrected chi connectivity index (χ4v) is 5.22. The topological polar surface area (TPSA) is 77.6 Å². The Labute approximate surface area is 227 Å². The number of likely N-dealkylation sites (N-methyl/N-ethyl adjacent to an activating group) is 2. The van der Waals surface area contributed by atoms with Gasteiger partial charge in [-0.25, -0.2) is 9.59 Å². The standard InChI is InChI=1S/C15H21N3O2.C14H22N2O2/c1-15-7-8-17(3)13(15)18(4)12-6-5-10(9-11(12)15)20-14(19)16-2;1-6-16(5)14(17)18-13-9-7-8-12(10-13)11(2)15(3)4/h5-6,9,13H,7-8H2,1-4H3,(H,16,19);7-11H,6H2,1-5H3/t13-,15+;/m1./s1. The second-order valence-electron chi connectivity index (χ2n) is 10.5. The molecule has 0 spiro atoms. The largest absolute Gasteiger partial charge is 0.414 e. The van der Waals surface area contributed by atoms with Gasteiger partial charge in [-0.3, -0.25) is 4.90 Å². The maximum Gasteiger partial charge on any atom is 0.414 e. The Kier molecular flexibility index (Phi) is 9.27. The number of amides is 2. The molecule has 208 valence electrons. The first kappa shape index (κ1) is 29.3. The third-order valence-electron chi connectivity index (χ3n) is 7.82. The lowest BCUT2D eigenvalue weighted by atomic mass is 9.81. The fourth-order valence-electron chi connectivity index (χ4n) is 5.22. The van der Waals surface area contributed by atoms with Gasteiger partial charge in [0.1, 0.15) is 11.5 Å². The molecule has 1 saturated heterocycles. The van der Waals surface area contributed by atoms with E-state index in [1.807, 2.05) is 57.4 Å². The Morgan fingerprint density at radius 3 is 2.42 bits per heavy atom. The summed E-state index contributed by atoms with van der Waals surface area (Å²) in [5.41, 5.74) is 3.73. The molecule has 1 unspecified atom stereocenters. The van der Waals surface area contributed by atoms with Crippen LogP contribution in [0, 0.1) is 0 Å². The Morgan fingerprint density at radius 1 is 1.11 bits per heavy atom. The molecule has 1 N–H and O–H groups in total. The predicted molar refractivity (Wildman–Crippen MR) is 151 cm³/mol. The third-order valence-corrected chi connectivity index (χ3v) is 7.82. The van der Waals surface area contributed by atoms with Crippen molar-refractivity contribution in [1.29, 1.82) is 0 Å². The van der Waals surface area contributed by atoms with E-state index in [4.69, 9.17) is 9.47 Å². The Balaban J connectivity index is 0.000000212. The van der Waals surface area contributed by atoms with Crippen molar-refractivity contribution in [2.24, 2.45) is 0 Å². The molecular weight excluding hydrogens is 482 g/mol. The zero-order chi connectivity index (χ0) is 28.2. The highest BCUT2D eigenvalue weighted by Crippen LogP contribution is 2.51. The Bertz CT molecular complexity index is 1140. The maximum absolute atomic E-state index is 11.7. The lowest BCUT2D eigenvalue weighted by molar-refractivity contribution is 0.165. The summed E-state index contributed by atoms with van der Waals surface area (Å²) in [4.78, 5) is 31.4. The average Bonchev–Trinajstić information content (AvgIpc) is 3.33. The van der Waals surface area contributed by atoms with E-state index in [-0.39, 0.29) is 17.6 Å². The number of hydrogen-bond donors (Lipinski definition) is 1. The van der Waals surface area contributed by atoms with Gasteiger partial charge in [-0.15, -0.1) is 0 Å². The SMILES string of the molecule is CCN(C)C(=O)Oc1cccc(C(C)N(C)C)c1.CNC(=O)Oc1ccc2c(c1)[C@]1(C)CCN(C)[C@@H]1N2C. The van der Waals surface area contributed by atoms with Gasteiger partial charge in [0.05, 0.1) is 6.17 Å². The van der Waals surface area contributed by atoms with Crippen molar-refractivity contribution < 1.29 is 19.1 Å². The second-order valence-corrected chi connectivity index (χ2v) is 10.5. The van der Waals surface area contributed by atoms with Crippen LogP contribution in [-0.2, 0) is 5.41 Å². The lowest BCUT2D eigenvalue weighted by Gasteiger charge is -2.32. The number of carbonyl (C=O) groups is 2. The van der Waals surface area contributed by atoms with Gasteiger partial charge in [0.2, 0.25) is 0 Å². The smallest absolute Gasteiger partial charge is 0.410 e. The van der Waals surface area contributed by atoms with Gasteiger partial charge in [-0.2, -0.15) is 0 Å². The number of benzene rings is 2. The molecule has 4 rings (SSSR count). The van der Waals surface area contributed by atoms with Crippen LogP contribution in [0.5, 0.6) is 11.5 Å². The zero-order valence-corrected chi connectivity index (χ0v) is 24.2. The Morgan fingerprint density at radius 2 is 1.79 bits per heavy atom. The van der Waals surface area contributed by atoms with Crippen molar-refractivity contribution >= 4 is 17.9 Å². The number of likely N-dealkylation sites (tertiary alicyclic amines) is 1. The molecule has 0 saturated carbocycles. The molecule has 2 aliphatic heterocycles. The highest BCUT2D eigenvalue weighted by molar-refractivity contribution is 5.72. The van der Waals surface area contributed by atoms with Gasteiger partial charge in [-0.1, -0.05) is 19.1 Å². The molecule has 0 radical (unpaired) electrons. The van der Waals surface area contributed by atoms with E-state index in [0.29, 0.717) is 24.2 Å². The van der Waals surface area contributed by atoms with Crippen molar-refractivity contribution in [3.8, 4) is 11.5 Å². The average molecular weight is 526 g/mol. The molecule has 9 heteroatoms. The van der Waals surface area contributed by atoms with Gasteiger partial charge in [-0.05, 0) is 82.9 Å². The first-order valence-electron chi connectivity index (χ1n) is 13.1. The number of nitrogens with zero attached hydrogens (tertiary/aromatic N) is 4. The number of carbonyl (C=O) groups excluding carboxylic acids is 2. The van der Waals surface area contributed by atoms with Crippen LogP contribution in [-0.4, -0.2) is 88.4 Å². The van der Waals surface area contributed by atoms with Crippen molar-refractivity contribution in [1.82, 2.24) is 20.0 Å². The molecular formula is C29H43N5O4. The third kappa shape index (κ3) is 6.05. The second kappa shape index (κ2) is 12.0. The van der Waals surface area contributed by atoms with Crippen LogP contribution in [0.1, 0.15) is 44.4 Å². The van der Waals surface area contributed by atoms with E-state index in [2.05, 4.69) is 48.0 Å². The van der Waals surface area contributed by atoms with Crippen LogP contribution < -0.4 is 19.7 Å². The monoisotopic (exact) mass is 525 g/mol. The van der Waals surface area contributed by atoms with Crippen LogP contribution in [0.25, 0.3) is 0 Å². The minimum Gasteiger partial charge on any atom is -0.410 e. The van der Waals surface area contributed by atoms with Crippen LogP contribution in [0.4, 0.5) is 15.3 Å². The van der Waals surface area contributed by atoms with Crippen LogP contribution in [0.2, 0.25) is 0 Å². The van der Waals surface area contributed by atoms with Gasteiger partial charge in [0.15, 0.2) is 0 Å². The summed E-state index contributed by atoms with van der Waals surface area (Å²) >= 11 is 0. The normalized spacial score (nSPS) is 20.7. The molecule has 1 fully saturated rings. The van der Waals surface area contributed by atoms with Gasteiger partial charge < -0.3 is 29.5 Å². The van der Waals surface area contributed by atoms with Gasteiger partial charge in [0.25, 0.3) is 0 Å². The molecule has 0 aliphatic carbocycles. The summed E-state index contributed by atoms with van der Waals surface area (Å²) in [6.45, 7) is 8.04. The quantitative estimate of drug-likeness (QED) is 0.614. The molecule has 3 atom stereocenters. The van der Waals surface area contributed by atoms with E-state index < -0.39 is 6.09 Å². The van der Waals surface area contributed by atoms with Crippen molar-refractivity contribution in [3.05, 3.63) is 53.6 Å². The van der Waals surface area contributed by atoms with Crippen molar-refractivity contribution in [2.75, 3.05) is 60.3 Å². The highest BCUT2D eigenvalue weighted by atomic mass is 16.6. The molecule has 38 heavy (non-hydrogen) atoms. The lowest BCUT2D eigenvalue weighted by Crippen LogP contribution is -2.45. The molecule has 2 amide bonds. The zero-order valence-electron chi connectivity index (χ0n) is 24.2. The summed E-state index contributed by atoms with van der Waals surface area (Å²) in [6, 6.07) is 13.8. The van der Waals surface area contributed by atoms with Crippen LogP contribution in [0.3, 0.4) is 0 Å². The number of nitrogens with one attached hydrogen (secondary N) is 1. The molecule has 2 aromatic rings. The Hall–Kier alpha value is -3.30. The number of rotatable bonds is 5. The van der Waals surface area contributed by atoms with Crippen molar-refractivity contribution in [2.45, 2.75) is 44.8 Å². The molecule has 0 bridgehead atoms. The minimum atomic E-state index is -0.429. The summed E-state index contributed by atoms with van der Waals surface area (Å²) in [7, 11) is 11.6. The van der Waals surface area contributed by atoms with E-state index in [1.54, 1.807) is 20.2 Å². The fraction of sp³-hybridized carbons (Fsp3) is 0.517. The summed E-state index contributed by atoms with van der Waals surface area (Å²) < 4.78 is 10.6. The molecule has 9 nitrogen and oxygen atoms in total. The molecule has 0 aromatic heterocycles. The van der Waals surface area contributed by atoms with E-state index >= 15 is 0 Å². The number of ether oxygens (including phenoxy) is 2. The molecule has 2 aromatic carbocycles. The van der Waals surface area contributed by atoms with E-state index in [9.17, 15) is 9.59 Å².